The lowest BCUT2D eigenvalue weighted by molar-refractivity contribution is -0.134. The molecular formula is C16H23NO3. The van der Waals surface area contributed by atoms with Crippen LogP contribution in [-0.2, 0) is 4.79 Å². The normalized spacial score (nSPS) is 14.4. The molecule has 1 amide bonds. The Morgan fingerprint density at radius 3 is 2.50 bits per heavy atom. The highest BCUT2D eigenvalue weighted by molar-refractivity contribution is 5.78. The number of aliphatic hydroxyl groups excluding tert-OH is 1. The van der Waals surface area contributed by atoms with Gasteiger partial charge in [-0.3, -0.25) is 4.79 Å². The maximum Gasteiger partial charge on any atom is 0.260 e. The molecule has 110 valence electrons. The van der Waals surface area contributed by atoms with Crippen molar-refractivity contribution in [2.75, 3.05) is 19.8 Å². The van der Waals surface area contributed by atoms with E-state index < -0.39 is 0 Å². The zero-order chi connectivity index (χ0) is 14.5. The second-order valence-electron chi connectivity index (χ2n) is 5.55. The van der Waals surface area contributed by atoms with Gasteiger partial charge in [-0.1, -0.05) is 26.0 Å². The molecule has 1 fully saturated rings. The Morgan fingerprint density at radius 1 is 1.35 bits per heavy atom. The van der Waals surface area contributed by atoms with Crippen molar-refractivity contribution in [3.63, 3.8) is 0 Å². The fraction of sp³-hybridized carbons (Fsp3) is 0.562. The van der Waals surface area contributed by atoms with E-state index in [1.807, 2.05) is 24.3 Å². The summed E-state index contributed by atoms with van der Waals surface area (Å²) in [5.41, 5.74) is 1.25. The largest absolute Gasteiger partial charge is 0.484 e. The summed E-state index contributed by atoms with van der Waals surface area (Å²) >= 11 is 0. The van der Waals surface area contributed by atoms with Crippen molar-refractivity contribution >= 4 is 5.91 Å². The van der Waals surface area contributed by atoms with Crippen LogP contribution < -0.4 is 4.74 Å². The van der Waals surface area contributed by atoms with Gasteiger partial charge >= 0.3 is 0 Å². The van der Waals surface area contributed by atoms with Crippen molar-refractivity contribution in [1.82, 2.24) is 4.90 Å². The van der Waals surface area contributed by atoms with Gasteiger partial charge in [-0.2, -0.15) is 0 Å². The minimum Gasteiger partial charge on any atom is -0.484 e. The molecule has 0 aliphatic heterocycles. The van der Waals surface area contributed by atoms with Gasteiger partial charge in [-0.25, -0.2) is 0 Å². The average molecular weight is 277 g/mol. The predicted molar refractivity (Wildman–Crippen MR) is 77.8 cm³/mol. The third-order valence-corrected chi connectivity index (χ3v) is 3.56. The maximum absolute atomic E-state index is 12.1. The molecule has 1 aromatic rings. The third-order valence-electron chi connectivity index (χ3n) is 3.56. The van der Waals surface area contributed by atoms with Crippen LogP contribution in [0.1, 0.15) is 38.2 Å². The van der Waals surface area contributed by atoms with Crippen LogP contribution in [0.2, 0.25) is 0 Å². The number of aliphatic hydroxyl groups is 1. The average Bonchev–Trinajstić information content (AvgIpc) is 3.27. The highest BCUT2D eigenvalue weighted by Crippen LogP contribution is 2.26. The summed E-state index contributed by atoms with van der Waals surface area (Å²) in [6, 6.07) is 8.15. The van der Waals surface area contributed by atoms with Crippen molar-refractivity contribution in [2.45, 2.75) is 38.6 Å². The lowest BCUT2D eigenvalue weighted by Gasteiger charge is -2.21. The summed E-state index contributed by atoms with van der Waals surface area (Å²) in [6.07, 6.45) is 2.07. The second kappa shape index (κ2) is 6.75. The molecule has 0 aromatic heterocycles. The van der Waals surface area contributed by atoms with Gasteiger partial charge in [0.15, 0.2) is 6.61 Å². The molecule has 0 spiro atoms. The SMILES string of the molecule is CC(C)c1ccc(OCC(=O)N(CCO)C2CC2)cc1. The molecule has 0 radical (unpaired) electrons. The van der Waals surface area contributed by atoms with Gasteiger partial charge in [0.2, 0.25) is 0 Å². The van der Waals surface area contributed by atoms with Gasteiger partial charge in [0.25, 0.3) is 5.91 Å². The first-order valence-electron chi connectivity index (χ1n) is 7.25. The number of nitrogens with zero attached hydrogens (tertiary/aromatic N) is 1. The molecular weight excluding hydrogens is 254 g/mol. The van der Waals surface area contributed by atoms with Crippen molar-refractivity contribution in [2.24, 2.45) is 0 Å². The lowest BCUT2D eigenvalue weighted by atomic mass is 10.0. The summed E-state index contributed by atoms with van der Waals surface area (Å²) in [5, 5.41) is 9.00. The molecule has 0 heterocycles. The van der Waals surface area contributed by atoms with Crippen LogP contribution in [0.4, 0.5) is 0 Å². The van der Waals surface area contributed by atoms with Crippen LogP contribution in [0, 0.1) is 0 Å². The minimum atomic E-state index is -0.0468. The predicted octanol–water partition coefficient (Wildman–Crippen LogP) is 2.17. The van der Waals surface area contributed by atoms with Gasteiger partial charge in [0.05, 0.1) is 6.61 Å². The minimum absolute atomic E-state index is 0.00528. The van der Waals surface area contributed by atoms with Crippen LogP contribution in [-0.4, -0.2) is 41.7 Å². The van der Waals surface area contributed by atoms with Crippen LogP contribution in [0.15, 0.2) is 24.3 Å². The Kier molecular flexibility index (Phi) is 5.01. The monoisotopic (exact) mass is 277 g/mol. The van der Waals surface area contributed by atoms with E-state index >= 15 is 0 Å². The van der Waals surface area contributed by atoms with Gasteiger partial charge in [-0.05, 0) is 36.5 Å². The number of hydrogen-bond donors (Lipinski definition) is 1. The van der Waals surface area contributed by atoms with E-state index in [0.717, 1.165) is 12.8 Å². The zero-order valence-corrected chi connectivity index (χ0v) is 12.2. The second-order valence-corrected chi connectivity index (χ2v) is 5.55. The van der Waals surface area contributed by atoms with Crippen molar-refractivity contribution in [3.05, 3.63) is 29.8 Å². The Morgan fingerprint density at radius 2 is 2.00 bits per heavy atom. The summed E-state index contributed by atoms with van der Waals surface area (Å²) in [6.45, 7) is 4.73. The quantitative estimate of drug-likeness (QED) is 0.831. The van der Waals surface area contributed by atoms with Crippen molar-refractivity contribution in [3.8, 4) is 5.75 Å². The van der Waals surface area contributed by atoms with E-state index in [0.29, 0.717) is 24.3 Å². The molecule has 2 rings (SSSR count). The first-order valence-corrected chi connectivity index (χ1v) is 7.25. The summed E-state index contributed by atoms with van der Waals surface area (Å²) in [5.74, 6) is 1.15. The Balaban J connectivity index is 1.85. The van der Waals surface area contributed by atoms with Gasteiger partial charge in [0, 0.05) is 12.6 Å². The summed E-state index contributed by atoms with van der Waals surface area (Å²) in [7, 11) is 0. The van der Waals surface area contributed by atoms with Gasteiger partial charge < -0.3 is 14.7 Å². The highest BCUT2D eigenvalue weighted by atomic mass is 16.5. The van der Waals surface area contributed by atoms with E-state index in [9.17, 15) is 4.79 Å². The lowest BCUT2D eigenvalue weighted by Crippen LogP contribution is -2.38. The van der Waals surface area contributed by atoms with E-state index in [-0.39, 0.29) is 19.1 Å². The number of rotatable bonds is 7. The number of hydrogen-bond acceptors (Lipinski definition) is 3. The molecule has 1 saturated carbocycles. The Bertz CT molecular complexity index is 438. The number of carbonyl (C=O) groups excluding carboxylic acids is 1. The zero-order valence-electron chi connectivity index (χ0n) is 12.2. The molecule has 0 saturated heterocycles. The molecule has 20 heavy (non-hydrogen) atoms. The first-order chi connectivity index (χ1) is 9.61. The molecule has 1 N–H and O–H groups in total. The molecule has 0 bridgehead atoms. The summed E-state index contributed by atoms with van der Waals surface area (Å²) in [4.78, 5) is 13.8. The highest BCUT2D eigenvalue weighted by Gasteiger charge is 2.32. The molecule has 4 nitrogen and oxygen atoms in total. The van der Waals surface area contributed by atoms with Gasteiger partial charge in [0.1, 0.15) is 5.75 Å². The van der Waals surface area contributed by atoms with Crippen LogP contribution in [0.5, 0.6) is 5.75 Å². The van der Waals surface area contributed by atoms with E-state index in [4.69, 9.17) is 9.84 Å². The molecule has 0 atom stereocenters. The molecule has 4 heteroatoms. The van der Waals surface area contributed by atoms with Crippen LogP contribution >= 0.6 is 0 Å². The van der Waals surface area contributed by atoms with E-state index in [1.54, 1.807) is 4.90 Å². The van der Waals surface area contributed by atoms with Crippen LogP contribution in [0.3, 0.4) is 0 Å². The van der Waals surface area contributed by atoms with Crippen LogP contribution in [0.25, 0.3) is 0 Å². The molecule has 1 aliphatic rings. The number of benzene rings is 1. The number of carbonyl (C=O) groups is 1. The smallest absolute Gasteiger partial charge is 0.260 e. The fourth-order valence-corrected chi connectivity index (χ4v) is 2.18. The maximum atomic E-state index is 12.1. The fourth-order valence-electron chi connectivity index (χ4n) is 2.18. The third kappa shape index (κ3) is 3.97. The number of ether oxygens (including phenoxy) is 1. The standard InChI is InChI=1S/C16H23NO3/c1-12(2)13-3-7-15(8-4-13)20-11-16(19)17(9-10-18)14-5-6-14/h3-4,7-8,12,14,18H,5-6,9-11H2,1-2H3. The first kappa shape index (κ1) is 14.9. The van der Waals surface area contributed by atoms with Crippen molar-refractivity contribution in [1.29, 1.82) is 0 Å². The van der Waals surface area contributed by atoms with Gasteiger partial charge in [-0.15, -0.1) is 0 Å². The van der Waals surface area contributed by atoms with Crippen molar-refractivity contribution < 1.29 is 14.6 Å². The molecule has 1 aromatic carbocycles. The van der Waals surface area contributed by atoms with E-state index in [2.05, 4.69) is 13.8 Å². The van der Waals surface area contributed by atoms with E-state index in [1.165, 1.54) is 5.56 Å². The Labute approximate surface area is 120 Å². The molecule has 0 unspecified atom stereocenters. The Hall–Kier alpha value is -1.55. The topological polar surface area (TPSA) is 49.8 Å². The summed E-state index contributed by atoms with van der Waals surface area (Å²) < 4.78 is 5.53. The number of amides is 1. The molecule has 1 aliphatic carbocycles.